The van der Waals surface area contributed by atoms with Crippen LogP contribution in [0.25, 0.3) is 0 Å². The van der Waals surface area contributed by atoms with Gasteiger partial charge in [-0.2, -0.15) is 0 Å². The van der Waals surface area contributed by atoms with Crippen LogP contribution in [0.5, 0.6) is 0 Å². The summed E-state index contributed by atoms with van der Waals surface area (Å²) < 4.78 is 36.8. The molecule has 1 rings (SSSR count). The first-order valence-electron chi connectivity index (χ1n) is 3.41. The molecule has 0 heterocycles. The molecule has 0 radical (unpaired) electrons. The lowest BCUT2D eigenvalue weighted by Gasteiger charge is -2.03. The maximum absolute atomic E-state index is 12.6. The molecule has 1 aromatic carbocycles. The van der Waals surface area contributed by atoms with Crippen molar-refractivity contribution in [3.05, 3.63) is 35.1 Å². The third-order valence-corrected chi connectivity index (χ3v) is 1.53. The number of hydrogen-bond acceptors (Lipinski definition) is 1. The Labute approximate surface area is 80.2 Å². The summed E-state index contributed by atoms with van der Waals surface area (Å²) in [5, 5.41) is 0. The van der Waals surface area contributed by atoms with E-state index in [0.29, 0.717) is 5.56 Å². The van der Waals surface area contributed by atoms with Crippen LogP contribution in [0, 0.1) is 5.82 Å². The minimum atomic E-state index is -2.78. The molecule has 2 N–H and O–H groups in total. The van der Waals surface area contributed by atoms with Crippen molar-refractivity contribution in [1.29, 1.82) is 0 Å². The van der Waals surface area contributed by atoms with E-state index in [-0.39, 0.29) is 19.0 Å². The number of alkyl halides is 2. The summed E-state index contributed by atoms with van der Waals surface area (Å²) in [6, 6.07) is 3.48. The van der Waals surface area contributed by atoms with Crippen LogP contribution < -0.4 is 5.73 Å². The molecule has 0 unspecified atom stereocenters. The summed E-state index contributed by atoms with van der Waals surface area (Å²) in [6.45, 7) is 0.139. The van der Waals surface area contributed by atoms with E-state index in [1.807, 2.05) is 0 Å². The molecule has 5 heteroatoms. The highest BCUT2D eigenvalue weighted by Crippen LogP contribution is 2.22. The van der Waals surface area contributed by atoms with Crippen molar-refractivity contribution < 1.29 is 13.2 Å². The van der Waals surface area contributed by atoms with Gasteiger partial charge in [0.1, 0.15) is 5.82 Å². The summed E-state index contributed by atoms with van der Waals surface area (Å²) in [4.78, 5) is 0. The summed E-state index contributed by atoms with van der Waals surface area (Å²) >= 11 is 0. The number of benzene rings is 1. The van der Waals surface area contributed by atoms with E-state index in [9.17, 15) is 13.2 Å². The van der Waals surface area contributed by atoms with Crippen LogP contribution in [0.4, 0.5) is 13.2 Å². The zero-order chi connectivity index (χ0) is 9.14. The third kappa shape index (κ3) is 2.90. The second kappa shape index (κ2) is 5.09. The maximum Gasteiger partial charge on any atom is 0.266 e. The van der Waals surface area contributed by atoms with Gasteiger partial charge in [0.05, 0.1) is 5.56 Å². The van der Waals surface area contributed by atoms with E-state index in [1.54, 1.807) is 0 Å². The molecule has 0 bridgehead atoms. The third-order valence-electron chi connectivity index (χ3n) is 1.53. The van der Waals surface area contributed by atoms with Crippen LogP contribution in [0.2, 0.25) is 0 Å². The Hall–Kier alpha value is -0.740. The second-order valence-electron chi connectivity index (χ2n) is 2.36. The predicted octanol–water partition coefficient (Wildman–Crippen LogP) is 2.64. The van der Waals surface area contributed by atoms with Crippen molar-refractivity contribution in [2.24, 2.45) is 5.73 Å². The molecule has 0 amide bonds. The van der Waals surface area contributed by atoms with Crippen molar-refractivity contribution >= 4 is 12.4 Å². The standard InChI is InChI=1S/C8H8F3N.ClH/c9-7-2-1-5(4-12)3-6(7)8(10)11;/h1-3,8H,4,12H2;1H. The van der Waals surface area contributed by atoms with Gasteiger partial charge in [-0.05, 0) is 17.7 Å². The maximum atomic E-state index is 12.6. The van der Waals surface area contributed by atoms with Crippen LogP contribution in [0.15, 0.2) is 18.2 Å². The molecular weight excluding hydrogens is 203 g/mol. The van der Waals surface area contributed by atoms with Crippen molar-refractivity contribution in [2.45, 2.75) is 13.0 Å². The molecule has 0 aliphatic carbocycles. The normalized spacial score (nSPS) is 9.92. The molecular formula is C8H9ClF3N. The lowest BCUT2D eigenvalue weighted by molar-refractivity contribution is 0.146. The van der Waals surface area contributed by atoms with Crippen LogP contribution in [-0.4, -0.2) is 0 Å². The second-order valence-corrected chi connectivity index (χ2v) is 2.36. The highest BCUT2D eigenvalue weighted by atomic mass is 35.5. The Morgan fingerprint density at radius 1 is 1.31 bits per heavy atom. The van der Waals surface area contributed by atoms with Crippen molar-refractivity contribution in [3.63, 3.8) is 0 Å². The molecule has 1 nitrogen and oxygen atoms in total. The average molecular weight is 212 g/mol. The van der Waals surface area contributed by atoms with E-state index in [1.165, 1.54) is 6.07 Å². The van der Waals surface area contributed by atoms with Gasteiger partial charge < -0.3 is 5.73 Å². The van der Waals surface area contributed by atoms with Gasteiger partial charge >= 0.3 is 0 Å². The molecule has 0 aliphatic rings. The molecule has 0 fully saturated rings. The van der Waals surface area contributed by atoms with Gasteiger partial charge in [-0.3, -0.25) is 0 Å². The zero-order valence-electron chi connectivity index (χ0n) is 6.64. The first-order chi connectivity index (χ1) is 5.65. The molecule has 1 aromatic rings. The van der Waals surface area contributed by atoms with E-state index in [4.69, 9.17) is 5.73 Å². The summed E-state index contributed by atoms with van der Waals surface area (Å²) in [6.07, 6.45) is -2.78. The van der Waals surface area contributed by atoms with E-state index in [2.05, 4.69) is 0 Å². The van der Waals surface area contributed by atoms with Gasteiger partial charge in [0.25, 0.3) is 6.43 Å². The monoisotopic (exact) mass is 211 g/mol. The minimum Gasteiger partial charge on any atom is -0.326 e. The largest absolute Gasteiger partial charge is 0.326 e. The van der Waals surface area contributed by atoms with Crippen LogP contribution in [0.1, 0.15) is 17.6 Å². The lowest BCUT2D eigenvalue weighted by atomic mass is 10.1. The molecule has 0 aliphatic heterocycles. The predicted molar refractivity (Wildman–Crippen MR) is 46.5 cm³/mol. The first kappa shape index (κ1) is 12.3. The van der Waals surface area contributed by atoms with Gasteiger partial charge in [-0.1, -0.05) is 6.07 Å². The highest BCUT2D eigenvalue weighted by Gasteiger charge is 2.12. The van der Waals surface area contributed by atoms with Crippen LogP contribution >= 0.6 is 12.4 Å². The highest BCUT2D eigenvalue weighted by molar-refractivity contribution is 5.85. The molecule has 0 saturated heterocycles. The van der Waals surface area contributed by atoms with E-state index >= 15 is 0 Å². The molecule has 0 atom stereocenters. The zero-order valence-corrected chi connectivity index (χ0v) is 7.45. The van der Waals surface area contributed by atoms with Gasteiger partial charge in [0, 0.05) is 6.54 Å². The molecule has 74 valence electrons. The first-order valence-corrected chi connectivity index (χ1v) is 3.41. The summed E-state index contributed by atoms with van der Waals surface area (Å²) in [5.41, 5.74) is 5.12. The Morgan fingerprint density at radius 2 is 1.92 bits per heavy atom. The Morgan fingerprint density at radius 3 is 2.38 bits per heavy atom. The lowest BCUT2D eigenvalue weighted by Crippen LogP contribution is -1.99. The van der Waals surface area contributed by atoms with Crippen molar-refractivity contribution in [3.8, 4) is 0 Å². The fraction of sp³-hybridized carbons (Fsp3) is 0.250. The molecule has 0 spiro atoms. The Balaban J connectivity index is 0.00000144. The summed E-state index contributed by atoms with van der Waals surface area (Å²) in [5.74, 6) is -0.887. The quantitative estimate of drug-likeness (QED) is 0.800. The number of rotatable bonds is 2. The fourth-order valence-electron chi connectivity index (χ4n) is 0.887. The van der Waals surface area contributed by atoms with Gasteiger partial charge in [0.2, 0.25) is 0 Å². The number of hydrogen-bond donors (Lipinski definition) is 1. The molecule has 0 aromatic heterocycles. The number of nitrogens with two attached hydrogens (primary N) is 1. The Bertz CT molecular complexity index is 278. The minimum absolute atomic E-state index is 0. The van der Waals surface area contributed by atoms with Gasteiger partial charge in [-0.25, -0.2) is 13.2 Å². The van der Waals surface area contributed by atoms with E-state index < -0.39 is 17.8 Å². The van der Waals surface area contributed by atoms with Crippen LogP contribution in [-0.2, 0) is 6.54 Å². The topological polar surface area (TPSA) is 26.0 Å². The van der Waals surface area contributed by atoms with Gasteiger partial charge in [0.15, 0.2) is 0 Å². The SMILES string of the molecule is Cl.NCc1ccc(F)c(C(F)F)c1. The number of halogens is 4. The fourth-order valence-corrected chi connectivity index (χ4v) is 0.887. The molecule has 13 heavy (non-hydrogen) atoms. The van der Waals surface area contributed by atoms with E-state index in [0.717, 1.165) is 12.1 Å². The smallest absolute Gasteiger partial charge is 0.266 e. The Kier molecular flexibility index (Phi) is 4.80. The average Bonchev–Trinajstić information content (AvgIpc) is 2.05. The summed E-state index contributed by atoms with van der Waals surface area (Å²) in [7, 11) is 0. The van der Waals surface area contributed by atoms with Crippen molar-refractivity contribution in [1.82, 2.24) is 0 Å². The van der Waals surface area contributed by atoms with Crippen LogP contribution in [0.3, 0.4) is 0 Å². The molecule has 0 saturated carbocycles. The van der Waals surface area contributed by atoms with Crippen molar-refractivity contribution in [2.75, 3.05) is 0 Å². The van der Waals surface area contributed by atoms with Gasteiger partial charge in [-0.15, -0.1) is 12.4 Å².